The van der Waals surface area contributed by atoms with Crippen LogP contribution in [0.15, 0.2) is 24.3 Å². The molecule has 1 aliphatic rings. The number of hydrogen-bond acceptors (Lipinski definition) is 2. The lowest BCUT2D eigenvalue weighted by atomic mass is 9.74. The lowest BCUT2D eigenvalue weighted by Gasteiger charge is -2.37. The zero-order chi connectivity index (χ0) is 13.0. The standard InChI is InChI=1S/C16H25NS/c1-12(11-18-3)10-17-15-8-14(9-15)16-7-5-4-6-13(16)2/h4-7,12,14-15,17H,8-11H2,1-3H3. The van der Waals surface area contributed by atoms with Crippen LogP contribution in [0.5, 0.6) is 0 Å². The van der Waals surface area contributed by atoms with Crippen LogP contribution in [0.1, 0.15) is 36.8 Å². The first kappa shape index (κ1) is 14.0. The van der Waals surface area contributed by atoms with E-state index in [1.807, 2.05) is 11.8 Å². The van der Waals surface area contributed by atoms with Gasteiger partial charge in [0.25, 0.3) is 0 Å². The second kappa shape index (κ2) is 6.63. The van der Waals surface area contributed by atoms with Gasteiger partial charge in [-0.15, -0.1) is 0 Å². The van der Waals surface area contributed by atoms with Crippen molar-refractivity contribution in [1.29, 1.82) is 0 Å². The zero-order valence-corrected chi connectivity index (χ0v) is 12.6. The van der Waals surface area contributed by atoms with E-state index in [0.29, 0.717) is 0 Å². The Bertz CT molecular complexity index is 371. The van der Waals surface area contributed by atoms with E-state index >= 15 is 0 Å². The van der Waals surface area contributed by atoms with Gasteiger partial charge in [0.2, 0.25) is 0 Å². The molecule has 0 radical (unpaired) electrons. The van der Waals surface area contributed by atoms with E-state index in [9.17, 15) is 0 Å². The van der Waals surface area contributed by atoms with Crippen LogP contribution in [-0.4, -0.2) is 24.6 Å². The molecule has 1 aromatic carbocycles. The van der Waals surface area contributed by atoms with Crippen LogP contribution in [0.25, 0.3) is 0 Å². The minimum Gasteiger partial charge on any atom is -0.314 e. The summed E-state index contributed by atoms with van der Waals surface area (Å²) >= 11 is 1.95. The summed E-state index contributed by atoms with van der Waals surface area (Å²) in [5, 5.41) is 3.71. The van der Waals surface area contributed by atoms with Crippen molar-refractivity contribution in [2.75, 3.05) is 18.6 Å². The molecule has 0 aliphatic heterocycles. The van der Waals surface area contributed by atoms with E-state index in [1.165, 1.54) is 30.7 Å². The molecule has 0 heterocycles. The van der Waals surface area contributed by atoms with E-state index in [-0.39, 0.29) is 0 Å². The van der Waals surface area contributed by atoms with Gasteiger partial charge in [-0.2, -0.15) is 11.8 Å². The van der Waals surface area contributed by atoms with Gasteiger partial charge in [0, 0.05) is 6.04 Å². The largest absolute Gasteiger partial charge is 0.314 e. The fourth-order valence-electron chi connectivity index (χ4n) is 2.79. The quantitative estimate of drug-likeness (QED) is 0.837. The number of nitrogens with one attached hydrogen (secondary N) is 1. The molecule has 2 rings (SSSR count). The van der Waals surface area contributed by atoms with E-state index in [2.05, 4.69) is 49.7 Å². The Hall–Kier alpha value is -0.470. The molecule has 1 unspecified atom stereocenters. The highest BCUT2D eigenvalue weighted by Crippen LogP contribution is 2.38. The normalized spacial score (nSPS) is 24.6. The molecule has 0 saturated heterocycles. The molecule has 0 bridgehead atoms. The second-order valence-corrected chi connectivity index (χ2v) is 6.60. The molecule has 0 amide bonds. The molecule has 1 saturated carbocycles. The monoisotopic (exact) mass is 263 g/mol. The molecule has 100 valence electrons. The van der Waals surface area contributed by atoms with E-state index in [1.54, 1.807) is 5.56 Å². The fourth-order valence-corrected chi connectivity index (χ4v) is 3.48. The summed E-state index contributed by atoms with van der Waals surface area (Å²) in [5.41, 5.74) is 3.02. The van der Waals surface area contributed by atoms with Crippen LogP contribution in [0.2, 0.25) is 0 Å². The maximum atomic E-state index is 3.71. The van der Waals surface area contributed by atoms with Crippen molar-refractivity contribution in [1.82, 2.24) is 5.32 Å². The maximum Gasteiger partial charge on any atom is 0.00788 e. The lowest BCUT2D eigenvalue weighted by Crippen LogP contribution is -2.42. The zero-order valence-electron chi connectivity index (χ0n) is 11.8. The van der Waals surface area contributed by atoms with E-state index < -0.39 is 0 Å². The molecule has 1 aliphatic carbocycles. The molecule has 18 heavy (non-hydrogen) atoms. The van der Waals surface area contributed by atoms with Gasteiger partial charge < -0.3 is 5.32 Å². The van der Waals surface area contributed by atoms with Gasteiger partial charge in [0.1, 0.15) is 0 Å². The lowest BCUT2D eigenvalue weighted by molar-refractivity contribution is 0.282. The molecule has 1 atom stereocenters. The van der Waals surface area contributed by atoms with Crippen molar-refractivity contribution in [2.24, 2.45) is 5.92 Å². The first-order chi connectivity index (χ1) is 8.70. The average Bonchev–Trinajstić information content (AvgIpc) is 2.29. The van der Waals surface area contributed by atoms with Crippen molar-refractivity contribution < 1.29 is 0 Å². The van der Waals surface area contributed by atoms with Crippen molar-refractivity contribution >= 4 is 11.8 Å². The molecule has 0 aromatic heterocycles. The Balaban J connectivity index is 1.73. The molecule has 1 nitrogen and oxygen atoms in total. The van der Waals surface area contributed by atoms with Gasteiger partial charge in [-0.3, -0.25) is 0 Å². The molecular formula is C16H25NS. The Labute approximate surface area is 116 Å². The summed E-state index contributed by atoms with van der Waals surface area (Å²) in [6.07, 6.45) is 4.82. The van der Waals surface area contributed by atoms with Gasteiger partial charge in [-0.05, 0) is 61.3 Å². The van der Waals surface area contributed by atoms with E-state index in [0.717, 1.165) is 17.9 Å². The van der Waals surface area contributed by atoms with Crippen molar-refractivity contribution in [2.45, 2.75) is 38.6 Å². The number of rotatable bonds is 6. The third-order valence-electron chi connectivity index (χ3n) is 3.97. The molecule has 0 spiro atoms. The molecule has 1 aromatic rings. The van der Waals surface area contributed by atoms with Crippen LogP contribution < -0.4 is 5.32 Å². The van der Waals surface area contributed by atoms with Crippen LogP contribution in [0.4, 0.5) is 0 Å². The summed E-state index contributed by atoms with van der Waals surface area (Å²) in [4.78, 5) is 0. The maximum absolute atomic E-state index is 3.71. The van der Waals surface area contributed by atoms with Crippen LogP contribution in [0, 0.1) is 12.8 Å². The van der Waals surface area contributed by atoms with Crippen LogP contribution >= 0.6 is 11.8 Å². The van der Waals surface area contributed by atoms with Crippen molar-refractivity contribution in [3.05, 3.63) is 35.4 Å². The highest BCUT2D eigenvalue weighted by Gasteiger charge is 2.30. The Morgan fingerprint density at radius 3 is 2.72 bits per heavy atom. The third kappa shape index (κ3) is 3.52. The SMILES string of the molecule is CSCC(C)CNC1CC(c2ccccc2C)C1. The Morgan fingerprint density at radius 2 is 2.06 bits per heavy atom. The first-order valence-electron chi connectivity index (χ1n) is 6.98. The van der Waals surface area contributed by atoms with E-state index in [4.69, 9.17) is 0 Å². The Morgan fingerprint density at radius 1 is 1.33 bits per heavy atom. The predicted molar refractivity (Wildman–Crippen MR) is 82.5 cm³/mol. The van der Waals surface area contributed by atoms with Crippen molar-refractivity contribution in [3.63, 3.8) is 0 Å². The van der Waals surface area contributed by atoms with Crippen LogP contribution in [0.3, 0.4) is 0 Å². The van der Waals surface area contributed by atoms with Gasteiger partial charge in [-0.25, -0.2) is 0 Å². The number of thioether (sulfide) groups is 1. The van der Waals surface area contributed by atoms with Gasteiger partial charge in [-0.1, -0.05) is 31.2 Å². The van der Waals surface area contributed by atoms with Crippen molar-refractivity contribution in [3.8, 4) is 0 Å². The Kier molecular flexibility index (Phi) is 5.13. The molecule has 1 fully saturated rings. The topological polar surface area (TPSA) is 12.0 Å². The fraction of sp³-hybridized carbons (Fsp3) is 0.625. The minimum atomic E-state index is 0.749. The average molecular weight is 263 g/mol. The minimum absolute atomic E-state index is 0.749. The highest BCUT2D eigenvalue weighted by molar-refractivity contribution is 7.98. The molecule has 1 N–H and O–H groups in total. The summed E-state index contributed by atoms with van der Waals surface area (Å²) < 4.78 is 0. The molecule has 2 heteroatoms. The third-order valence-corrected chi connectivity index (χ3v) is 4.87. The number of aryl methyl sites for hydroxylation is 1. The number of benzene rings is 1. The van der Waals surface area contributed by atoms with Gasteiger partial charge in [0.05, 0.1) is 0 Å². The smallest absolute Gasteiger partial charge is 0.00788 e. The highest BCUT2D eigenvalue weighted by atomic mass is 32.2. The second-order valence-electron chi connectivity index (χ2n) is 5.69. The van der Waals surface area contributed by atoms with Gasteiger partial charge in [0.15, 0.2) is 0 Å². The molecular weight excluding hydrogens is 238 g/mol. The summed E-state index contributed by atoms with van der Waals surface area (Å²) in [6.45, 7) is 5.74. The number of hydrogen-bond donors (Lipinski definition) is 1. The van der Waals surface area contributed by atoms with Gasteiger partial charge >= 0.3 is 0 Å². The first-order valence-corrected chi connectivity index (χ1v) is 8.38. The van der Waals surface area contributed by atoms with Crippen LogP contribution in [-0.2, 0) is 0 Å². The summed E-state index contributed by atoms with van der Waals surface area (Å²) in [5.74, 6) is 2.85. The summed E-state index contributed by atoms with van der Waals surface area (Å²) in [6, 6.07) is 9.59. The summed E-state index contributed by atoms with van der Waals surface area (Å²) in [7, 11) is 0. The predicted octanol–water partition coefficient (Wildman–Crippen LogP) is 3.83.